The molecule has 0 aliphatic heterocycles. The third-order valence-corrected chi connectivity index (χ3v) is 11.3. The lowest BCUT2D eigenvalue weighted by atomic mass is 9.72. The smallest absolute Gasteiger partial charge is 0.0203 e. The summed E-state index contributed by atoms with van der Waals surface area (Å²) in [6, 6.07) is 31.9. The zero-order chi connectivity index (χ0) is 31.1. The Morgan fingerprint density at radius 2 is 1.51 bits per heavy atom. The van der Waals surface area contributed by atoms with Gasteiger partial charge in [0.15, 0.2) is 0 Å². The van der Waals surface area contributed by atoms with Gasteiger partial charge in [-0.25, -0.2) is 0 Å². The Bertz CT molecular complexity index is 2370. The molecule has 5 aliphatic rings. The highest BCUT2D eigenvalue weighted by atomic mass is 14.5. The van der Waals surface area contributed by atoms with Gasteiger partial charge in [0.25, 0.3) is 0 Å². The van der Waals surface area contributed by atoms with Gasteiger partial charge in [0.05, 0.1) is 0 Å². The van der Waals surface area contributed by atoms with Crippen molar-refractivity contribution in [1.29, 1.82) is 0 Å². The van der Waals surface area contributed by atoms with Crippen LogP contribution in [0.25, 0.3) is 49.4 Å². The molecule has 10 rings (SSSR count). The van der Waals surface area contributed by atoms with Crippen LogP contribution < -0.4 is 0 Å². The Labute approximate surface area is 277 Å². The van der Waals surface area contributed by atoms with Crippen molar-refractivity contribution in [2.45, 2.75) is 32.1 Å². The fourth-order valence-electron chi connectivity index (χ4n) is 9.50. The maximum Gasteiger partial charge on any atom is 0.0203 e. The van der Waals surface area contributed by atoms with E-state index >= 15 is 0 Å². The van der Waals surface area contributed by atoms with Crippen LogP contribution in [0.5, 0.6) is 0 Å². The van der Waals surface area contributed by atoms with Gasteiger partial charge in [-0.15, -0.1) is 0 Å². The summed E-state index contributed by atoms with van der Waals surface area (Å²) < 4.78 is 0. The molecule has 0 heteroatoms. The number of fused-ring (bicyclic) bond motifs is 5. The van der Waals surface area contributed by atoms with E-state index in [1.165, 1.54) is 88.3 Å². The van der Waals surface area contributed by atoms with E-state index in [0.29, 0.717) is 17.8 Å². The molecule has 0 saturated carbocycles. The van der Waals surface area contributed by atoms with Gasteiger partial charge in [0.1, 0.15) is 0 Å². The quantitative estimate of drug-likeness (QED) is 0.139. The van der Waals surface area contributed by atoms with Crippen molar-refractivity contribution in [3.8, 4) is 11.1 Å². The lowest BCUT2D eigenvalue weighted by Crippen LogP contribution is -2.20. The maximum absolute atomic E-state index is 2.60. The monoisotopic (exact) mass is 600 g/mol. The van der Waals surface area contributed by atoms with E-state index in [1.54, 1.807) is 0 Å². The largest absolute Gasteiger partial charge is 0.0910 e. The number of hydrogen-bond donors (Lipinski definition) is 0. The normalized spacial score (nSPS) is 21.7. The summed E-state index contributed by atoms with van der Waals surface area (Å²) in [6.45, 7) is 2.16. The molecule has 0 N–H and O–H groups in total. The minimum Gasteiger partial charge on any atom is -0.0910 e. The van der Waals surface area contributed by atoms with Crippen LogP contribution in [0.3, 0.4) is 0 Å². The molecule has 0 heterocycles. The average molecular weight is 601 g/mol. The highest BCUT2D eigenvalue weighted by Gasteiger charge is 2.44. The highest BCUT2D eigenvalue weighted by molar-refractivity contribution is 6.24. The maximum atomic E-state index is 2.60. The predicted molar refractivity (Wildman–Crippen MR) is 200 cm³/mol. The van der Waals surface area contributed by atoms with Crippen LogP contribution in [0.15, 0.2) is 151 Å². The van der Waals surface area contributed by atoms with Gasteiger partial charge in [-0.3, -0.25) is 0 Å². The van der Waals surface area contributed by atoms with Crippen LogP contribution in [0, 0.1) is 11.8 Å². The second kappa shape index (κ2) is 10.4. The summed E-state index contributed by atoms with van der Waals surface area (Å²) in [5.74, 6) is 1.10. The molecule has 224 valence electrons. The number of hydrogen-bond acceptors (Lipinski definition) is 0. The van der Waals surface area contributed by atoms with Crippen molar-refractivity contribution in [2.75, 3.05) is 0 Å². The Hall–Kier alpha value is -5.20. The Balaban J connectivity index is 1.35. The van der Waals surface area contributed by atoms with E-state index in [2.05, 4.69) is 153 Å². The number of rotatable bonds is 5. The van der Waals surface area contributed by atoms with Gasteiger partial charge in [0, 0.05) is 17.8 Å². The number of allylic oxidation sites excluding steroid dienone is 14. The van der Waals surface area contributed by atoms with Crippen molar-refractivity contribution in [1.82, 2.24) is 0 Å². The van der Waals surface area contributed by atoms with Gasteiger partial charge in [-0.1, -0.05) is 145 Å². The second-order valence-corrected chi connectivity index (χ2v) is 13.8. The molecule has 0 amide bonds. The third kappa shape index (κ3) is 3.88. The molecule has 0 spiro atoms. The molecule has 5 aromatic carbocycles. The zero-order valence-electron chi connectivity index (χ0n) is 26.7. The first-order valence-electron chi connectivity index (χ1n) is 17.3. The summed E-state index contributed by atoms with van der Waals surface area (Å²) in [7, 11) is 0. The Morgan fingerprint density at radius 1 is 0.702 bits per heavy atom. The SMILES string of the molecule is CC=CC1Cc2cccc3c2c1cc1c(-c2ccccc2)c2c(c(C4=CC=CC4)c13)C1=CC=C(Cc3ccccc3)C3C=CC=C2C13. The van der Waals surface area contributed by atoms with Gasteiger partial charge < -0.3 is 0 Å². The summed E-state index contributed by atoms with van der Waals surface area (Å²) in [6.07, 6.45) is 26.9. The van der Waals surface area contributed by atoms with Crippen LogP contribution in [0.2, 0.25) is 0 Å². The van der Waals surface area contributed by atoms with Crippen molar-refractivity contribution in [3.05, 3.63) is 185 Å². The molecular formula is C47H36. The van der Waals surface area contributed by atoms with Crippen molar-refractivity contribution in [2.24, 2.45) is 11.8 Å². The van der Waals surface area contributed by atoms with Crippen molar-refractivity contribution in [3.63, 3.8) is 0 Å². The van der Waals surface area contributed by atoms with Crippen LogP contribution in [0.1, 0.15) is 52.6 Å². The molecule has 0 saturated heterocycles. The van der Waals surface area contributed by atoms with E-state index in [9.17, 15) is 0 Å². The van der Waals surface area contributed by atoms with Crippen LogP contribution in [0.4, 0.5) is 0 Å². The van der Waals surface area contributed by atoms with Crippen LogP contribution in [-0.4, -0.2) is 0 Å². The van der Waals surface area contributed by atoms with Gasteiger partial charge in [-0.05, 0) is 115 Å². The summed E-state index contributed by atoms with van der Waals surface area (Å²) in [5, 5.41) is 5.73. The highest BCUT2D eigenvalue weighted by Crippen LogP contribution is 2.61. The first-order valence-corrected chi connectivity index (χ1v) is 17.3. The van der Waals surface area contributed by atoms with Crippen molar-refractivity contribution >= 4 is 38.3 Å². The van der Waals surface area contributed by atoms with Gasteiger partial charge in [-0.2, -0.15) is 0 Å². The first kappa shape index (κ1) is 27.0. The lowest BCUT2D eigenvalue weighted by Gasteiger charge is -2.31. The first-order chi connectivity index (χ1) is 23.3. The molecule has 47 heavy (non-hydrogen) atoms. The molecule has 3 unspecified atom stereocenters. The van der Waals surface area contributed by atoms with Crippen molar-refractivity contribution < 1.29 is 0 Å². The summed E-state index contributed by atoms with van der Waals surface area (Å²) in [4.78, 5) is 0. The fourth-order valence-corrected chi connectivity index (χ4v) is 9.50. The second-order valence-electron chi connectivity index (χ2n) is 13.8. The van der Waals surface area contributed by atoms with E-state index < -0.39 is 0 Å². The van der Waals surface area contributed by atoms with E-state index in [1.807, 2.05) is 0 Å². The molecule has 0 aromatic heterocycles. The molecule has 5 aromatic rings. The van der Waals surface area contributed by atoms with Gasteiger partial charge in [0.2, 0.25) is 0 Å². The van der Waals surface area contributed by atoms with Crippen LogP contribution >= 0.6 is 0 Å². The molecule has 0 radical (unpaired) electrons. The number of benzene rings is 5. The third-order valence-electron chi connectivity index (χ3n) is 11.3. The standard InChI is InChI=1S/C47H36/c1-2-13-32-27-34-20-11-22-36-41(34)39(32)28-40-42(30-16-7-4-8-17-30)46-37-23-12-21-35-33(26-29-14-5-3-6-15-29)24-25-38(44(35)37)47(46)43(45(36)40)31-18-9-10-19-31/h2-18,20-25,28,32,35,44H,19,26-27H2,1H3. The molecular weight excluding hydrogens is 565 g/mol. The zero-order valence-corrected chi connectivity index (χ0v) is 26.7. The molecule has 0 nitrogen and oxygen atoms in total. The summed E-state index contributed by atoms with van der Waals surface area (Å²) >= 11 is 0. The molecule has 3 atom stereocenters. The van der Waals surface area contributed by atoms with Gasteiger partial charge >= 0.3 is 0 Å². The predicted octanol–water partition coefficient (Wildman–Crippen LogP) is 12.0. The minimum absolute atomic E-state index is 0.330. The minimum atomic E-state index is 0.330. The Morgan fingerprint density at radius 3 is 2.32 bits per heavy atom. The van der Waals surface area contributed by atoms with E-state index in [4.69, 9.17) is 0 Å². The van der Waals surface area contributed by atoms with E-state index in [0.717, 1.165) is 19.3 Å². The molecule has 0 fully saturated rings. The van der Waals surface area contributed by atoms with E-state index in [-0.39, 0.29) is 0 Å². The average Bonchev–Trinajstić information content (AvgIpc) is 3.85. The molecule has 0 bridgehead atoms. The Kier molecular flexibility index (Phi) is 5.97. The molecule has 5 aliphatic carbocycles. The lowest BCUT2D eigenvalue weighted by molar-refractivity contribution is 0.648. The van der Waals surface area contributed by atoms with Crippen LogP contribution in [-0.2, 0) is 12.8 Å². The fraction of sp³-hybridized carbons (Fsp3) is 0.149. The topological polar surface area (TPSA) is 0 Å². The summed E-state index contributed by atoms with van der Waals surface area (Å²) in [5.41, 5.74) is 17.4.